The largest absolute Gasteiger partial charge is 0.416 e. The normalized spacial score (nSPS) is 12.4. The number of rotatable bonds is 3. The van der Waals surface area contributed by atoms with Crippen LogP contribution in [-0.4, -0.2) is 0 Å². The number of nitrogen functional groups attached to an aromatic ring is 1. The maximum atomic E-state index is 12.9. The van der Waals surface area contributed by atoms with Crippen molar-refractivity contribution >= 4 is 29.5 Å². The van der Waals surface area contributed by atoms with Crippen molar-refractivity contribution in [1.29, 1.82) is 0 Å². The second-order valence-electron chi connectivity index (χ2n) is 6.02. The van der Waals surface area contributed by atoms with Gasteiger partial charge in [-0.15, -0.1) is 0 Å². The lowest BCUT2D eigenvalue weighted by Gasteiger charge is -2.20. The first-order valence-electron chi connectivity index (χ1n) is 8.06. The lowest BCUT2D eigenvalue weighted by molar-refractivity contribution is -0.138. The summed E-state index contributed by atoms with van der Waals surface area (Å²) >= 11 is 0. The maximum Gasteiger partial charge on any atom is 0.416 e. The minimum absolute atomic E-state index is 0.513. The Balaban J connectivity index is 2.06. The van der Waals surface area contributed by atoms with E-state index in [0.29, 0.717) is 16.3 Å². The van der Waals surface area contributed by atoms with Gasteiger partial charge in [-0.05, 0) is 60.2 Å². The Bertz CT molecular complexity index is 871. The monoisotopic (exact) mass is 413 g/mol. The van der Waals surface area contributed by atoms with Crippen LogP contribution in [0.15, 0.2) is 72.8 Å². The highest BCUT2D eigenvalue weighted by molar-refractivity contribution is 7.79. The second-order valence-corrected chi connectivity index (χ2v) is 8.24. The number of hydrogen-bond acceptors (Lipinski definition) is 1. The molecule has 0 amide bonds. The standard InChI is InChI=1S/C20H14F6NP/c21-19(22,23)13-1-7-16(8-2-13)28(18-11-5-15(27)6-12-18)17-9-3-14(4-10-17)20(24,25)26/h1-12H,27H2. The van der Waals surface area contributed by atoms with Gasteiger partial charge in [0.15, 0.2) is 0 Å². The van der Waals surface area contributed by atoms with Crippen LogP contribution in [0.4, 0.5) is 32.0 Å². The van der Waals surface area contributed by atoms with Gasteiger partial charge in [0.05, 0.1) is 11.1 Å². The van der Waals surface area contributed by atoms with Crippen LogP contribution >= 0.6 is 7.92 Å². The lowest BCUT2D eigenvalue weighted by Crippen LogP contribution is -2.21. The predicted molar refractivity (Wildman–Crippen MR) is 99.6 cm³/mol. The zero-order valence-electron chi connectivity index (χ0n) is 14.2. The van der Waals surface area contributed by atoms with Gasteiger partial charge in [-0.1, -0.05) is 36.4 Å². The van der Waals surface area contributed by atoms with Crippen molar-refractivity contribution in [1.82, 2.24) is 0 Å². The lowest BCUT2D eigenvalue weighted by atomic mass is 10.2. The molecule has 0 saturated carbocycles. The smallest absolute Gasteiger partial charge is 0.399 e. The van der Waals surface area contributed by atoms with E-state index < -0.39 is 31.4 Å². The third kappa shape index (κ3) is 4.47. The molecular weight excluding hydrogens is 399 g/mol. The molecule has 0 spiro atoms. The summed E-state index contributed by atoms with van der Waals surface area (Å²) in [5.74, 6) is 0. The minimum Gasteiger partial charge on any atom is -0.399 e. The molecule has 0 aliphatic rings. The van der Waals surface area contributed by atoms with Crippen molar-refractivity contribution in [3.63, 3.8) is 0 Å². The van der Waals surface area contributed by atoms with E-state index in [1.807, 2.05) is 0 Å². The number of hydrogen-bond donors (Lipinski definition) is 1. The zero-order chi connectivity index (χ0) is 20.5. The summed E-state index contributed by atoms with van der Waals surface area (Å²) in [6.45, 7) is 0. The molecule has 3 aromatic carbocycles. The Hall–Kier alpha value is -2.53. The van der Waals surface area contributed by atoms with Crippen LogP contribution in [0, 0.1) is 0 Å². The van der Waals surface area contributed by atoms with Crippen LogP contribution < -0.4 is 21.6 Å². The van der Waals surface area contributed by atoms with Crippen molar-refractivity contribution in [3.8, 4) is 0 Å². The highest BCUT2D eigenvalue weighted by Gasteiger charge is 2.32. The molecule has 1 nitrogen and oxygen atoms in total. The van der Waals surface area contributed by atoms with E-state index in [-0.39, 0.29) is 0 Å². The third-order valence-corrected chi connectivity index (χ3v) is 6.50. The molecule has 0 bridgehead atoms. The van der Waals surface area contributed by atoms with E-state index in [9.17, 15) is 26.3 Å². The number of halogens is 6. The Morgan fingerprint density at radius 1 is 0.500 bits per heavy atom. The summed E-state index contributed by atoms with van der Waals surface area (Å²) in [6.07, 6.45) is -8.92. The fourth-order valence-electron chi connectivity index (χ4n) is 2.67. The molecule has 0 heterocycles. The van der Waals surface area contributed by atoms with Crippen LogP contribution in [0.3, 0.4) is 0 Å². The molecule has 8 heteroatoms. The summed E-state index contributed by atoms with van der Waals surface area (Å²) in [5, 5.41) is 1.95. The molecule has 0 aromatic heterocycles. The molecule has 3 rings (SSSR count). The van der Waals surface area contributed by atoms with Crippen molar-refractivity contribution in [2.45, 2.75) is 12.4 Å². The number of alkyl halides is 6. The highest BCUT2D eigenvalue weighted by Crippen LogP contribution is 2.36. The molecule has 0 aliphatic carbocycles. The molecule has 0 unspecified atom stereocenters. The molecule has 2 N–H and O–H groups in total. The van der Waals surface area contributed by atoms with Gasteiger partial charge in [-0.3, -0.25) is 0 Å². The van der Waals surface area contributed by atoms with Gasteiger partial charge in [0, 0.05) is 5.69 Å². The average Bonchev–Trinajstić information content (AvgIpc) is 2.63. The van der Waals surface area contributed by atoms with Crippen LogP contribution in [0.2, 0.25) is 0 Å². The summed E-state index contributed by atoms with van der Waals surface area (Å²) in [7, 11) is -1.35. The first-order valence-corrected chi connectivity index (χ1v) is 9.40. The SMILES string of the molecule is Nc1ccc(P(c2ccc(C(F)(F)F)cc2)c2ccc(C(F)(F)F)cc2)cc1. The van der Waals surface area contributed by atoms with Crippen molar-refractivity contribution in [2.75, 3.05) is 5.73 Å². The van der Waals surface area contributed by atoms with E-state index in [1.165, 1.54) is 24.3 Å². The quantitative estimate of drug-likeness (QED) is 0.363. The van der Waals surface area contributed by atoms with Gasteiger partial charge in [0.25, 0.3) is 0 Å². The van der Waals surface area contributed by atoms with E-state index >= 15 is 0 Å². The van der Waals surface area contributed by atoms with Crippen LogP contribution in [0.1, 0.15) is 11.1 Å². The van der Waals surface area contributed by atoms with Gasteiger partial charge < -0.3 is 5.73 Å². The molecule has 0 saturated heterocycles. The Morgan fingerprint density at radius 3 is 1.07 bits per heavy atom. The first kappa shape index (κ1) is 20.2. The third-order valence-electron chi connectivity index (χ3n) is 4.06. The maximum absolute atomic E-state index is 12.9. The van der Waals surface area contributed by atoms with Gasteiger partial charge >= 0.3 is 12.4 Å². The van der Waals surface area contributed by atoms with Crippen LogP contribution in [0.5, 0.6) is 0 Å². The van der Waals surface area contributed by atoms with E-state index in [0.717, 1.165) is 29.6 Å². The molecule has 0 aliphatic heterocycles. The van der Waals surface area contributed by atoms with Crippen molar-refractivity contribution in [3.05, 3.63) is 83.9 Å². The summed E-state index contributed by atoms with van der Waals surface area (Å²) in [6, 6.07) is 16.1. The van der Waals surface area contributed by atoms with Crippen LogP contribution in [-0.2, 0) is 12.4 Å². The fraction of sp³-hybridized carbons (Fsp3) is 0.100. The molecule has 3 aromatic rings. The fourth-order valence-corrected chi connectivity index (χ4v) is 4.91. The first-order chi connectivity index (χ1) is 13.1. The number of anilines is 1. The van der Waals surface area contributed by atoms with E-state index in [2.05, 4.69) is 0 Å². The Morgan fingerprint density at radius 2 is 0.786 bits per heavy atom. The second kappa shape index (κ2) is 7.47. The average molecular weight is 413 g/mol. The molecular formula is C20H14F6NP. The summed E-state index contributed by atoms with van der Waals surface area (Å²) < 4.78 is 77.1. The topological polar surface area (TPSA) is 26.0 Å². The van der Waals surface area contributed by atoms with Crippen LogP contribution in [0.25, 0.3) is 0 Å². The van der Waals surface area contributed by atoms with Gasteiger partial charge in [0.1, 0.15) is 0 Å². The molecule has 0 fully saturated rings. The van der Waals surface area contributed by atoms with Gasteiger partial charge in [-0.2, -0.15) is 26.3 Å². The Labute approximate surface area is 158 Å². The van der Waals surface area contributed by atoms with Gasteiger partial charge in [0.2, 0.25) is 0 Å². The van der Waals surface area contributed by atoms with Gasteiger partial charge in [-0.25, -0.2) is 0 Å². The highest BCUT2D eigenvalue weighted by atomic mass is 31.1. The number of nitrogens with two attached hydrogens (primary N) is 1. The zero-order valence-corrected chi connectivity index (χ0v) is 15.1. The molecule has 28 heavy (non-hydrogen) atoms. The Kier molecular flexibility index (Phi) is 5.39. The van der Waals surface area contributed by atoms with Crippen molar-refractivity contribution < 1.29 is 26.3 Å². The molecule has 146 valence electrons. The molecule has 0 radical (unpaired) electrons. The van der Waals surface area contributed by atoms with E-state index in [4.69, 9.17) is 5.73 Å². The summed E-state index contributed by atoms with van der Waals surface area (Å²) in [4.78, 5) is 0. The predicted octanol–water partition coefficient (Wildman–Crippen LogP) is 5.06. The minimum atomic E-state index is -4.46. The molecule has 0 atom stereocenters. The van der Waals surface area contributed by atoms with E-state index in [1.54, 1.807) is 24.3 Å². The van der Waals surface area contributed by atoms with Crippen molar-refractivity contribution in [2.24, 2.45) is 0 Å². The number of benzene rings is 3. The summed E-state index contributed by atoms with van der Waals surface area (Å²) in [5.41, 5.74) is 4.65.